The average molecular weight is 322 g/mol. The summed E-state index contributed by atoms with van der Waals surface area (Å²) in [6, 6.07) is 4.86. The van der Waals surface area contributed by atoms with Crippen molar-refractivity contribution >= 4 is 20.0 Å². The molecule has 0 saturated heterocycles. The van der Waals surface area contributed by atoms with Crippen molar-refractivity contribution in [1.82, 2.24) is 4.31 Å². The van der Waals surface area contributed by atoms with Gasteiger partial charge >= 0.3 is 0 Å². The lowest BCUT2D eigenvalue weighted by molar-refractivity contribution is 0.253. The molecule has 9 heteroatoms. The van der Waals surface area contributed by atoms with Crippen molar-refractivity contribution in [1.29, 1.82) is 0 Å². The van der Waals surface area contributed by atoms with Crippen molar-refractivity contribution < 1.29 is 21.9 Å². The van der Waals surface area contributed by atoms with E-state index >= 15 is 0 Å². The highest BCUT2D eigenvalue weighted by Crippen LogP contribution is 2.19. The number of hydrogen-bond donors (Lipinski definition) is 2. The second-order valence-corrected chi connectivity index (χ2v) is 7.65. The molecule has 0 saturated carbocycles. The molecule has 0 aromatic heterocycles. The molecule has 20 heavy (non-hydrogen) atoms. The molecule has 0 amide bonds. The molecule has 1 aromatic rings. The molecule has 0 aliphatic rings. The maximum Gasteiger partial charge on any atom is 0.243 e. The van der Waals surface area contributed by atoms with Gasteiger partial charge in [0.1, 0.15) is 0 Å². The molecule has 0 radical (unpaired) electrons. The molecule has 0 atom stereocenters. The predicted octanol–water partition coefficient (Wildman–Crippen LogP) is -0.273. The zero-order valence-corrected chi connectivity index (χ0v) is 12.7. The van der Waals surface area contributed by atoms with Crippen LogP contribution in [0.1, 0.15) is 13.3 Å². The van der Waals surface area contributed by atoms with Gasteiger partial charge in [-0.3, -0.25) is 0 Å². The summed E-state index contributed by atoms with van der Waals surface area (Å²) in [7, 11) is -7.82. The fourth-order valence-electron chi connectivity index (χ4n) is 1.67. The third-order valence-electron chi connectivity index (χ3n) is 2.59. The van der Waals surface area contributed by atoms with Crippen molar-refractivity contribution in [3.05, 3.63) is 24.3 Å². The van der Waals surface area contributed by atoms with Gasteiger partial charge in [-0.05, 0) is 24.6 Å². The number of primary sulfonamides is 1. The van der Waals surface area contributed by atoms with E-state index in [2.05, 4.69) is 0 Å². The highest BCUT2D eigenvalue weighted by atomic mass is 32.2. The normalized spacial score (nSPS) is 12.8. The average Bonchev–Trinajstić information content (AvgIpc) is 2.37. The molecule has 0 aliphatic heterocycles. The summed E-state index contributed by atoms with van der Waals surface area (Å²) in [5, 5.41) is 13.9. The Hall–Kier alpha value is -1.00. The number of rotatable bonds is 7. The molecular weight excluding hydrogens is 304 g/mol. The molecular formula is C11H18N2O5S2. The zero-order chi connectivity index (χ0) is 15.4. The fraction of sp³-hybridized carbons (Fsp3) is 0.455. The second kappa shape index (κ2) is 6.64. The van der Waals surface area contributed by atoms with E-state index in [9.17, 15) is 16.8 Å². The molecule has 0 aliphatic carbocycles. The van der Waals surface area contributed by atoms with Gasteiger partial charge in [-0.1, -0.05) is 13.0 Å². The van der Waals surface area contributed by atoms with Crippen molar-refractivity contribution in [2.75, 3.05) is 19.7 Å². The Morgan fingerprint density at radius 2 is 1.75 bits per heavy atom. The zero-order valence-electron chi connectivity index (χ0n) is 11.1. The lowest BCUT2D eigenvalue weighted by Gasteiger charge is -2.20. The molecule has 1 aromatic carbocycles. The number of aliphatic hydroxyl groups excluding tert-OH is 1. The van der Waals surface area contributed by atoms with Crippen LogP contribution in [-0.2, 0) is 20.0 Å². The summed E-state index contributed by atoms with van der Waals surface area (Å²) in [6.07, 6.45) is 0.577. The number of nitrogens with zero attached hydrogens (tertiary/aromatic N) is 1. The Morgan fingerprint density at radius 1 is 1.15 bits per heavy atom. The summed E-state index contributed by atoms with van der Waals surface area (Å²) in [6.45, 7) is 1.69. The maximum absolute atomic E-state index is 12.4. The molecule has 0 spiro atoms. The van der Waals surface area contributed by atoms with Crippen LogP contribution in [0.5, 0.6) is 0 Å². The van der Waals surface area contributed by atoms with Crippen LogP contribution >= 0.6 is 0 Å². The molecule has 0 bridgehead atoms. The summed E-state index contributed by atoms with van der Waals surface area (Å²) in [4.78, 5) is -0.426. The number of aliphatic hydroxyl groups is 1. The highest BCUT2D eigenvalue weighted by Gasteiger charge is 2.24. The van der Waals surface area contributed by atoms with Gasteiger partial charge in [0, 0.05) is 13.1 Å². The van der Waals surface area contributed by atoms with Crippen LogP contribution in [0.4, 0.5) is 0 Å². The molecule has 3 N–H and O–H groups in total. The molecule has 1 rings (SSSR count). The lowest BCUT2D eigenvalue weighted by atomic mass is 10.4. The minimum atomic E-state index is -3.97. The topological polar surface area (TPSA) is 118 Å². The Labute approximate surface area is 119 Å². The van der Waals surface area contributed by atoms with E-state index in [0.29, 0.717) is 6.42 Å². The van der Waals surface area contributed by atoms with E-state index in [0.717, 1.165) is 10.4 Å². The maximum atomic E-state index is 12.4. The Kier molecular flexibility index (Phi) is 5.66. The van der Waals surface area contributed by atoms with Crippen molar-refractivity contribution in [3.8, 4) is 0 Å². The first kappa shape index (κ1) is 17.1. The number of nitrogens with two attached hydrogens (primary N) is 1. The molecule has 114 valence electrons. The fourth-order valence-corrected chi connectivity index (χ4v) is 3.88. The van der Waals surface area contributed by atoms with Crippen LogP contribution < -0.4 is 5.14 Å². The largest absolute Gasteiger partial charge is 0.395 e. The first-order chi connectivity index (χ1) is 9.23. The van der Waals surface area contributed by atoms with Crippen LogP contribution in [-0.4, -0.2) is 45.9 Å². The van der Waals surface area contributed by atoms with E-state index in [1.807, 2.05) is 0 Å². The van der Waals surface area contributed by atoms with E-state index in [-0.39, 0.29) is 29.5 Å². The minimum absolute atomic E-state index is 0.0459. The van der Waals surface area contributed by atoms with Crippen LogP contribution in [0, 0.1) is 0 Å². The number of sulfonamides is 2. The summed E-state index contributed by atoms with van der Waals surface area (Å²) in [5.41, 5.74) is 0. The predicted molar refractivity (Wildman–Crippen MR) is 74.0 cm³/mol. The highest BCUT2D eigenvalue weighted by molar-refractivity contribution is 7.90. The van der Waals surface area contributed by atoms with Gasteiger partial charge in [0.15, 0.2) is 0 Å². The van der Waals surface area contributed by atoms with Gasteiger partial charge < -0.3 is 5.11 Å². The van der Waals surface area contributed by atoms with Crippen LogP contribution in [0.25, 0.3) is 0 Å². The third-order valence-corrected chi connectivity index (χ3v) is 5.40. The molecule has 0 fully saturated rings. The Balaban J connectivity index is 3.27. The first-order valence-corrected chi connectivity index (χ1v) is 8.96. The Bertz CT molecular complexity index is 649. The van der Waals surface area contributed by atoms with Gasteiger partial charge in [0.05, 0.1) is 16.4 Å². The van der Waals surface area contributed by atoms with E-state index in [1.165, 1.54) is 18.2 Å². The standard InChI is InChI=1S/C11H18N2O5S2/c1-2-6-13(7-8-14)20(17,18)11-5-3-4-10(9-11)19(12,15)16/h3-5,9,14H,2,6-8H2,1H3,(H2,12,15,16). The minimum Gasteiger partial charge on any atom is -0.395 e. The van der Waals surface area contributed by atoms with Gasteiger partial charge in [-0.25, -0.2) is 22.0 Å². The quantitative estimate of drug-likeness (QED) is 0.716. The number of hydrogen-bond acceptors (Lipinski definition) is 5. The van der Waals surface area contributed by atoms with Gasteiger partial charge in [-0.15, -0.1) is 0 Å². The smallest absolute Gasteiger partial charge is 0.243 e. The van der Waals surface area contributed by atoms with Crippen LogP contribution in [0.2, 0.25) is 0 Å². The van der Waals surface area contributed by atoms with Crippen molar-refractivity contribution in [3.63, 3.8) is 0 Å². The van der Waals surface area contributed by atoms with Crippen molar-refractivity contribution in [2.24, 2.45) is 5.14 Å². The lowest BCUT2D eigenvalue weighted by Crippen LogP contribution is -2.34. The van der Waals surface area contributed by atoms with E-state index in [4.69, 9.17) is 10.2 Å². The third kappa shape index (κ3) is 4.00. The SMILES string of the molecule is CCCN(CCO)S(=O)(=O)c1cccc(S(N)(=O)=O)c1. The van der Waals surface area contributed by atoms with Crippen molar-refractivity contribution in [2.45, 2.75) is 23.1 Å². The van der Waals surface area contributed by atoms with Gasteiger partial charge in [0.2, 0.25) is 20.0 Å². The van der Waals surface area contributed by atoms with E-state index in [1.54, 1.807) is 6.92 Å². The summed E-state index contributed by atoms with van der Waals surface area (Å²) in [5.74, 6) is 0. The summed E-state index contributed by atoms with van der Waals surface area (Å²) < 4.78 is 48.4. The van der Waals surface area contributed by atoms with Crippen LogP contribution in [0.15, 0.2) is 34.1 Å². The van der Waals surface area contributed by atoms with Gasteiger partial charge in [-0.2, -0.15) is 4.31 Å². The molecule has 7 nitrogen and oxygen atoms in total. The molecule has 0 heterocycles. The van der Waals surface area contributed by atoms with Gasteiger partial charge in [0.25, 0.3) is 0 Å². The summed E-state index contributed by atoms with van der Waals surface area (Å²) >= 11 is 0. The Morgan fingerprint density at radius 3 is 2.25 bits per heavy atom. The molecule has 0 unspecified atom stereocenters. The second-order valence-electron chi connectivity index (χ2n) is 4.15. The first-order valence-electron chi connectivity index (χ1n) is 5.97. The monoisotopic (exact) mass is 322 g/mol. The van der Waals surface area contributed by atoms with E-state index < -0.39 is 20.0 Å². The number of benzene rings is 1. The van der Waals surface area contributed by atoms with Crippen LogP contribution in [0.3, 0.4) is 0 Å².